The Bertz CT molecular complexity index is 1850. The van der Waals surface area contributed by atoms with Crippen molar-refractivity contribution in [3.05, 3.63) is 106 Å². The molecule has 2 aromatic heterocycles. The highest BCUT2D eigenvalue weighted by Gasteiger charge is 2.39. The normalized spacial score (nSPS) is 14.9. The van der Waals surface area contributed by atoms with Crippen molar-refractivity contribution in [1.29, 1.82) is 0 Å². The van der Waals surface area contributed by atoms with Gasteiger partial charge in [-0.25, -0.2) is 0 Å². The largest absolute Gasteiger partial charge is 0.357 e. The van der Waals surface area contributed by atoms with E-state index in [-0.39, 0.29) is 26.6 Å². The Balaban J connectivity index is 1.62. The van der Waals surface area contributed by atoms with E-state index in [1.807, 2.05) is 99.6 Å². The summed E-state index contributed by atoms with van der Waals surface area (Å²) < 4.78 is 0. The summed E-state index contributed by atoms with van der Waals surface area (Å²) in [5.74, 6) is -0.941. The highest BCUT2D eigenvalue weighted by Crippen LogP contribution is 2.47. The van der Waals surface area contributed by atoms with Gasteiger partial charge in [-0.15, -0.1) is 0 Å². The summed E-state index contributed by atoms with van der Waals surface area (Å²) in [6.45, 7) is 6.14. The van der Waals surface area contributed by atoms with Crippen LogP contribution in [0.4, 0.5) is 0 Å². The number of allylic oxidation sites excluding steroid dienone is 4. The van der Waals surface area contributed by atoms with Gasteiger partial charge in [0.2, 0.25) is 11.6 Å². The average molecular weight is 539 g/mol. The summed E-state index contributed by atoms with van der Waals surface area (Å²) in [7, 11) is 0. The number of fused-ring (bicyclic) bond motifs is 2. The fourth-order valence-corrected chi connectivity index (χ4v) is 5.83. The molecule has 6 rings (SSSR count). The number of hydrogen-bond acceptors (Lipinski definition) is 2. The van der Waals surface area contributed by atoms with Gasteiger partial charge in [-0.05, 0) is 17.7 Å². The minimum atomic E-state index is -0.474. The van der Waals surface area contributed by atoms with Gasteiger partial charge in [0.05, 0.1) is 16.8 Å². The van der Waals surface area contributed by atoms with Crippen LogP contribution >= 0.6 is 23.2 Å². The second-order valence-corrected chi connectivity index (χ2v) is 11.2. The zero-order valence-corrected chi connectivity index (χ0v) is 22.6. The number of ketones is 2. The quantitative estimate of drug-likeness (QED) is 0.226. The van der Waals surface area contributed by atoms with Crippen LogP contribution in [-0.4, -0.2) is 21.5 Å². The molecule has 1 aliphatic carbocycles. The van der Waals surface area contributed by atoms with Crippen molar-refractivity contribution in [3.8, 4) is 11.3 Å². The third kappa shape index (κ3) is 3.67. The number of benzene rings is 3. The number of carbonyl (C=O) groups is 2. The van der Waals surface area contributed by atoms with Crippen LogP contribution < -0.4 is 0 Å². The van der Waals surface area contributed by atoms with Gasteiger partial charge in [-0.3, -0.25) is 9.59 Å². The Morgan fingerprint density at radius 1 is 0.605 bits per heavy atom. The predicted octanol–water partition coefficient (Wildman–Crippen LogP) is 8.37. The molecule has 0 bridgehead atoms. The SMILES string of the molecule is CC(C)(C)c1[nH]c2ccccc2c1C1=C(Cl)C(=O)C(c2c(-c3ccccc3)[nH]c3ccccc23)=C(Cl)C1=O. The first-order valence-corrected chi connectivity index (χ1v) is 13.1. The van der Waals surface area contributed by atoms with Crippen LogP contribution in [0.5, 0.6) is 0 Å². The van der Waals surface area contributed by atoms with E-state index in [2.05, 4.69) is 9.97 Å². The summed E-state index contributed by atoms with van der Waals surface area (Å²) in [4.78, 5) is 35.1. The number of H-pyrrole nitrogens is 2. The lowest BCUT2D eigenvalue weighted by Crippen LogP contribution is -2.22. The van der Waals surface area contributed by atoms with Gasteiger partial charge in [0.25, 0.3) is 0 Å². The minimum absolute atomic E-state index is 0.110. The van der Waals surface area contributed by atoms with E-state index in [1.54, 1.807) is 0 Å². The summed E-state index contributed by atoms with van der Waals surface area (Å²) in [5.41, 5.74) is 5.17. The lowest BCUT2D eigenvalue weighted by atomic mass is 9.81. The molecule has 4 nitrogen and oxygen atoms in total. The lowest BCUT2D eigenvalue weighted by Gasteiger charge is -2.24. The Kier molecular flexibility index (Phi) is 5.71. The number of carbonyl (C=O) groups excluding carboxylic acids is 2. The first-order chi connectivity index (χ1) is 18.2. The van der Waals surface area contributed by atoms with Crippen molar-refractivity contribution in [2.24, 2.45) is 0 Å². The monoisotopic (exact) mass is 538 g/mol. The van der Waals surface area contributed by atoms with Crippen molar-refractivity contribution in [1.82, 2.24) is 9.97 Å². The molecule has 38 heavy (non-hydrogen) atoms. The van der Waals surface area contributed by atoms with Crippen LogP contribution in [0.3, 0.4) is 0 Å². The van der Waals surface area contributed by atoms with Gasteiger partial charge in [0.1, 0.15) is 10.1 Å². The molecule has 188 valence electrons. The minimum Gasteiger partial charge on any atom is -0.357 e. The molecule has 0 radical (unpaired) electrons. The van der Waals surface area contributed by atoms with Gasteiger partial charge in [0, 0.05) is 44.0 Å². The molecule has 0 aliphatic heterocycles. The van der Waals surface area contributed by atoms with Crippen LogP contribution in [0.2, 0.25) is 0 Å². The number of halogens is 2. The number of aromatic amines is 2. The van der Waals surface area contributed by atoms with Crippen molar-refractivity contribution in [3.63, 3.8) is 0 Å². The van der Waals surface area contributed by atoms with Crippen molar-refractivity contribution < 1.29 is 9.59 Å². The third-order valence-electron chi connectivity index (χ3n) is 7.02. The maximum absolute atomic E-state index is 14.1. The van der Waals surface area contributed by atoms with Crippen LogP contribution in [0.1, 0.15) is 37.6 Å². The Morgan fingerprint density at radius 2 is 1.08 bits per heavy atom. The molecular weight excluding hydrogens is 515 g/mol. The molecule has 5 aromatic rings. The zero-order valence-electron chi connectivity index (χ0n) is 21.1. The number of rotatable bonds is 3. The first kappa shape index (κ1) is 24.5. The van der Waals surface area contributed by atoms with Crippen LogP contribution in [0.25, 0.3) is 44.2 Å². The lowest BCUT2D eigenvalue weighted by molar-refractivity contribution is -0.113. The maximum Gasteiger partial charge on any atom is 0.207 e. The molecule has 0 fully saturated rings. The fraction of sp³-hybridized carbons (Fsp3) is 0.125. The average Bonchev–Trinajstić information content (AvgIpc) is 3.48. The number of Topliss-reactive ketones (excluding diaryl/α,β-unsaturated/α-hetero) is 2. The summed E-state index contributed by atoms with van der Waals surface area (Å²) in [6, 6.07) is 25.0. The van der Waals surface area contributed by atoms with E-state index in [9.17, 15) is 9.59 Å². The molecule has 1 aliphatic rings. The second kappa shape index (κ2) is 8.87. The Hall–Kier alpha value is -3.86. The van der Waals surface area contributed by atoms with E-state index in [0.29, 0.717) is 16.8 Å². The topological polar surface area (TPSA) is 65.7 Å². The summed E-state index contributed by atoms with van der Waals surface area (Å²) >= 11 is 13.7. The molecule has 0 unspecified atom stereocenters. The smallest absolute Gasteiger partial charge is 0.207 e. The Labute approximate surface area is 230 Å². The van der Waals surface area contributed by atoms with Gasteiger partial charge in [-0.2, -0.15) is 0 Å². The van der Waals surface area contributed by atoms with Crippen molar-refractivity contribution in [2.45, 2.75) is 26.2 Å². The number of nitrogens with one attached hydrogen (secondary N) is 2. The highest BCUT2D eigenvalue weighted by atomic mass is 35.5. The number of aromatic nitrogens is 2. The summed E-state index contributed by atoms with van der Waals surface area (Å²) in [5, 5.41) is 1.34. The van der Waals surface area contributed by atoms with Gasteiger partial charge < -0.3 is 9.97 Å². The molecule has 6 heteroatoms. The number of hydrogen-bond donors (Lipinski definition) is 2. The Morgan fingerprint density at radius 3 is 1.66 bits per heavy atom. The van der Waals surface area contributed by atoms with Crippen molar-refractivity contribution >= 4 is 67.7 Å². The highest BCUT2D eigenvalue weighted by molar-refractivity contribution is 6.69. The first-order valence-electron chi connectivity index (χ1n) is 12.4. The predicted molar refractivity (Wildman–Crippen MR) is 156 cm³/mol. The van der Waals surface area contributed by atoms with Gasteiger partial charge >= 0.3 is 0 Å². The van der Waals surface area contributed by atoms with Crippen molar-refractivity contribution in [2.75, 3.05) is 0 Å². The fourth-order valence-electron chi connectivity index (χ4n) is 5.28. The zero-order chi connectivity index (χ0) is 26.8. The second-order valence-electron chi connectivity index (χ2n) is 10.5. The molecule has 0 saturated heterocycles. The maximum atomic E-state index is 14.1. The van der Waals surface area contributed by atoms with Gasteiger partial charge in [0.15, 0.2) is 0 Å². The summed E-state index contributed by atoms with van der Waals surface area (Å²) in [6.07, 6.45) is 0. The number of para-hydroxylation sites is 2. The molecule has 0 saturated carbocycles. The van der Waals surface area contributed by atoms with E-state index in [0.717, 1.165) is 33.1 Å². The van der Waals surface area contributed by atoms with E-state index >= 15 is 0 Å². The third-order valence-corrected chi connectivity index (χ3v) is 7.74. The van der Waals surface area contributed by atoms with E-state index in [4.69, 9.17) is 23.2 Å². The van der Waals surface area contributed by atoms with Crippen LogP contribution in [-0.2, 0) is 15.0 Å². The van der Waals surface area contributed by atoms with E-state index in [1.165, 1.54) is 0 Å². The van der Waals surface area contributed by atoms with Gasteiger partial charge in [-0.1, -0.05) is 111 Å². The molecule has 0 atom stereocenters. The van der Waals surface area contributed by atoms with Crippen LogP contribution in [0.15, 0.2) is 88.9 Å². The molecule has 0 amide bonds. The van der Waals surface area contributed by atoms with E-state index < -0.39 is 11.6 Å². The molecule has 0 spiro atoms. The molecule has 2 N–H and O–H groups in total. The molecular formula is C32H24Cl2N2O2. The molecule has 2 heterocycles. The van der Waals surface area contributed by atoms with Crippen LogP contribution in [0, 0.1) is 0 Å². The molecule has 3 aromatic carbocycles. The standard InChI is InChI=1S/C32H24Cl2N2O2/c1-32(2,3)31-23(19-14-8-10-16-21(19)36-31)25-27(34)29(37)24(26(33)30(25)38)22-18-13-7-9-15-20(18)35-28(22)17-11-5-4-6-12-17/h4-16,35-36H,1-3H3.